The van der Waals surface area contributed by atoms with E-state index in [4.69, 9.17) is 4.74 Å². The topological polar surface area (TPSA) is 73.1 Å². The monoisotopic (exact) mass is 333 g/mol. The molecule has 1 aliphatic heterocycles. The second-order valence-corrected chi connectivity index (χ2v) is 6.24. The van der Waals surface area contributed by atoms with Gasteiger partial charge in [0.15, 0.2) is 0 Å². The predicted octanol–water partition coefficient (Wildman–Crippen LogP) is 1.78. The van der Waals surface area contributed by atoms with Crippen molar-refractivity contribution in [3.8, 4) is 11.4 Å². The molecule has 0 spiro atoms. The molecule has 1 aliphatic rings. The lowest BCUT2D eigenvalue weighted by molar-refractivity contribution is -0.129. The molecule has 1 saturated heterocycles. The van der Waals surface area contributed by atoms with Gasteiger partial charge in [-0.2, -0.15) is 4.68 Å². The van der Waals surface area contributed by atoms with Gasteiger partial charge in [-0.1, -0.05) is 11.8 Å². The van der Waals surface area contributed by atoms with E-state index < -0.39 is 0 Å². The van der Waals surface area contributed by atoms with Gasteiger partial charge in [-0.3, -0.25) is 4.79 Å². The number of rotatable bonds is 5. The van der Waals surface area contributed by atoms with Crippen molar-refractivity contribution in [1.29, 1.82) is 0 Å². The molecule has 0 atom stereocenters. The molecule has 0 saturated carbocycles. The maximum atomic E-state index is 12.2. The van der Waals surface area contributed by atoms with Gasteiger partial charge < -0.3 is 9.64 Å². The lowest BCUT2D eigenvalue weighted by atomic mass is 10.1. The predicted molar refractivity (Wildman–Crippen MR) is 86.9 cm³/mol. The van der Waals surface area contributed by atoms with Crippen LogP contribution in [0.2, 0.25) is 0 Å². The molecule has 23 heavy (non-hydrogen) atoms. The minimum atomic E-state index is 0.152. The second-order valence-electron chi connectivity index (χ2n) is 5.30. The Morgan fingerprint density at radius 2 is 1.96 bits per heavy atom. The minimum absolute atomic E-state index is 0.152. The number of carbonyl (C=O) groups is 1. The number of thioether (sulfide) groups is 1. The molecule has 7 nitrogen and oxygen atoms in total. The first-order valence-corrected chi connectivity index (χ1v) is 8.60. The molecule has 1 amide bonds. The number of benzene rings is 1. The van der Waals surface area contributed by atoms with Crippen molar-refractivity contribution in [2.45, 2.75) is 24.4 Å². The highest BCUT2D eigenvalue weighted by atomic mass is 32.2. The van der Waals surface area contributed by atoms with Gasteiger partial charge in [0.05, 0.1) is 18.6 Å². The first-order chi connectivity index (χ1) is 11.3. The number of hydrogen-bond donors (Lipinski definition) is 0. The van der Waals surface area contributed by atoms with Crippen LogP contribution >= 0.6 is 11.8 Å². The van der Waals surface area contributed by atoms with Crippen LogP contribution < -0.4 is 4.74 Å². The van der Waals surface area contributed by atoms with Crippen LogP contribution in [0.1, 0.15) is 19.3 Å². The number of hydrogen-bond acceptors (Lipinski definition) is 6. The smallest absolute Gasteiger partial charge is 0.233 e. The summed E-state index contributed by atoms with van der Waals surface area (Å²) in [5.41, 5.74) is 0.837. The van der Waals surface area contributed by atoms with Crippen molar-refractivity contribution < 1.29 is 9.53 Å². The van der Waals surface area contributed by atoms with Crippen molar-refractivity contribution in [2.24, 2.45) is 0 Å². The first-order valence-electron chi connectivity index (χ1n) is 7.61. The zero-order chi connectivity index (χ0) is 16.1. The maximum absolute atomic E-state index is 12.2. The molecular formula is C15H19N5O2S. The van der Waals surface area contributed by atoms with Crippen molar-refractivity contribution in [2.75, 3.05) is 26.0 Å². The van der Waals surface area contributed by atoms with Crippen LogP contribution in [0, 0.1) is 0 Å². The molecule has 2 heterocycles. The Balaban J connectivity index is 1.64. The van der Waals surface area contributed by atoms with Crippen LogP contribution in [0.5, 0.6) is 5.75 Å². The summed E-state index contributed by atoms with van der Waals surface area (Å²) in [4.78, 5) is 14.2. The summed E-state index contributed by atoms with van der Waals surface area (Å²) in [6.45, 7) is 1.73. The van der Waals surface area contributed by atoms with E-state index in [1.807, 2.05) is 29.2 Å². The highest BCUT2D eigenvalue weighted by Gasteiger charge is 2.18. The number of aromatic nitrogens is 4. The maximum Gasteiger partial charge on any atom is 0.233 e. The molecule has 0 N–H and O–H groups in total. The van der Waals surface area contributed by atoms with E-state index in [0.717, 1.165) is 37.4 Å². The van der Waals surface area contributed by atoms with Gasteiger partial charge in [0.25, 0.3) is 0 Å². The summed E-state index contributed by atoms with van der Waals surface area (Å²) in [7, 11) is 1.62. The summed E-state index contributed by atoms with van der Waals surface area (Å²) in [5, 5.41) is 12.3. The summed E-state index contributed by atoms with van der Waals surface area (Å²) >= 11 is 1.36. The third-order valence-electron chi connectivity index (χ3n) is 3.79. The lowest BCUT2D eigenvalue weighted by Gasteiger charge is -2.26. The molecule has 1 aromatic heterocycles. The Morgan fingerprint density at radius 3 is 2.65 bits per heavy atom. The van der Waals surface area contributed by atoms with Crippen LogP contribution in [0.3, 0.4) is 0 Å². The van der Waals surface area contributed by atoms with Crippen LogP contribution in [0.15, 0.2) is 29.4 Å². The standard InChI is InChI=1S/C15H19N5O2S/c1-22-13-7-5-12(6-8-13)20-15(16-17-18-20)23-11-14(21)19-9-3-2-4-10-19/h5-8H,2-4,9-11H2,1H3. The summed E-state index contributed by atoms with van der Waals surface area (Å²) in [5.74, 6) is 1.28. The van der Waals surface area contributed by atoms with Crippen molar-refractivity contribution in [3.05, 3.63) is 24.3 Å². The van der Waals surface area contributed by atoms with Gasteiger partial charge in [-0.05, 0) is 54.0 Å². The van der Waals surface area contributed by atoms with Gasteiger partial charge in [0.1, 0.15) is 5.75 Å². The van der Waals surface area contributed by atoms with Crippen molar-refractivity contribution >= 4 is 17.7 Å². The molecule has 1 aromatic carbocycles. The van der Waals surface area contributed by atoms with Crippen LogP contribution in [-0.2, 0) is 4.79 Å². The number of methoxy groups -OCH3 is 1. The number of nitrogens with zero attached hydrogens (tertiary/aromatic N) is 5. The Morgan fingerprint density at radius 1 is 1.22 bits per heavy atom. The fourth-order valence-electron chi connectivity index (χ4n) is 2.52. The SMILES string of the molecule is COc1ccc(-n2nnnc2SCC(=O)N2CCCCC2)cc1. The molecular weight excluding hydrogens is 314 g/mol. The molecule has 3 rings (SSSR count). The van der Waals surface area contributed by atoms with Crippen molar-refractivity contribution in [1.82, 2.24) is 25.1 Å². The zero-order valence-electron chi connectivity index (χ0n) is 13.0. The molecule has 0 unspecified atom stereocenters. The Kier molecular flexibility index (Phi) is 5.12. The number of piperidine rings is 1. The quantitative estimate of drug-likeness (QED) is 0.777. The Bertz CT molecular complexity index is 652. The van der Waals surface area contributed by atoms with Gasteiger partial charge in [0, 0.05) is 13.1 Å². The van der Waals surface area contributed by atoms with E-state index in [0.29, 0.717) is 10.9 Å². The van der Waals surface area contributed by atoms with E-state index in [-0.39, 0.29) is 5.91 Å². The summed E-state index contributed by atoms with van der Waals surface area (Å²) < 4.78 is 6.78. The summed E-state index contributed by atoms with van der Waals surface area (Å²) in [6.07, 6.45) is 3.41. The minimum Gasteiger partial charge on any atom is -0.497 e. The number of tetrazole rings is 1. The lowest BCUT2D eigenvalue weighted by Crippen LogP contribution is -2.36. The molecule has 2 aromatic rings. The average molecular weight is 333 g/mol. The Labute approximate surface area is 139 Å². The number of ether oxygens (including phenoxy) is 1. The largest absolute Gasteiger partial charge is 0.497 e. The first kappa shape index (κ1) is 15.8. The second kappa shape index (κ2) is 7.45. The zero-order valence-corrected chi connectivity index (χ0v) is 13.8. The van der Waals surface area contributed by atoms with E-state index in [2.05, 4.69) is 15.5 Å². The molecule has 122 valence electrons. The molecule has 1 fully saturated rings. The molecule has 8 heteroatoms. The van der Waals surface area contributed by atoms with Gasteiger partial charge in [0.2, 0.25) is 11.1 Å². The van der Waals surface area contributed by atoms with E-state index in [1.165, 1.54) is 18.2 Å². The highest BCUT2D eigenvalue weighted by molar-refractivity contribution is 7.99. The molecule has 0 radical (unpaired) electrons. The fourth-order valence-corrected chi connectivity index (χ4v) is 3.31. The van der Waals surface area contributed by atoms with Crippen molar-refractivity contribution in [3.63, 3.8) is 0 Å². The highest BCUT2D eigenvalue weighted by Crippen LogP contribution is 2.21. The van der Waals surface area contributed by atoms with E-state index in [9.17, 15) is 4.79 Å². The average Bonchev–Trinajstić information content (AvgIpc) is 3.09. The van der Waals surface area contributed by atoms with E-state index in [1.54, 1.807) is 11.8 Å². The third-order valence-corrected chi connectivity index (χ3v) is 4.70. The van der Waals surface area contributed by atoms with Gasteiger partial charge in [-0.15, -0.1) is 5.10 Å². The normalized spacial score (nSPS) is 14.7. The van der Waals surface area contributed by atoms with E-state index >= 15 is 0 Å². The fraction of sp³-hybridized carbons (Fsp3) is 0.467. The van der Waals surface area contributed by atoms with Crippen LogP contribution in [0.4, 0.5) is 0 Å². The van der Waals surface area contributed by atoms with Crippen LogP contribution in [-0.4, -0.2) is 57.0 Å². The number of carbonyl (C=O) groups excluding carboxylic acids is 1. The third kappa shape index (κ3) is 3.82. The van der Waals surface area contributed by atoms with Gasteiger partial charge >= 0.3 is 0 Å². The van der Waals surface area contributed by atoms with Crippen LogP contribution in [0.25, 0.3) is 5.69 Å². The summed E-state index contributed by atoms with van der Waals surface area (Å²) in [6, 6.07) is 7.46. The molecule has 0 bridgehead atoms. The Hall–Kier alpha value is -2.09. The number of amides is 1. The molecule has 0 aliphatic carbocycles. The van der Waals surface area contributed by atoms with Gasteiger partial charge in [-0.25, -0.2) is 0 Å². The number of likely N-dealkylation sites (tertiary alicyclic amines) is 1.